The van der Waals surface area contributed by atoms with Gasteiger partial charge in [-0.05, 0) is 25.7 Å². The molecule has 3 N–H and O–H groups in total. The fourth-order valence-corrected chi connectivity index (χ4v) is 1.75. The van der Waals surface area contributed by atoms with Crippen LogP contribution in [0.15, 0.2) is 0 Å². The van der Waals surface area contributed by atoms with Crippen molar-refractivity contribution >= 4 is 33.7 Å². The summed E-state index contributed by atoms with van der Waals surface area (Å²) in [4.78, 5) is 33.5. The third-order valence-corrected chi connectivity index (χ3v) is 3.09. The lowest BCUT2D eigenvalue weighted by Crippen LogP contribution is -2.42. The lowest BCUT2D eigenvalue weighted by Gasteiger charge is -2.14. The second kappa shape index (κ2) is 12.6. The summed E-state index contributed by atoms with van der Waals surface area (Å²) in [5, 5.41) is 14.4. The molecule has 1 unspecified atom stereocenters. The third kappa shape index (κ3) is 11.2. The minimum atomic E-state index is -1.07. The normalized spacial score (nSPS) is 11.7. The number of halogens is 1. The van der Waals surface area contributed by atoms with Gasteiger partial charge < -0.3 is 20.5 Å². The molecular weight excluding hydrogens is 344 g/mol. The van der Waals surface area contributed by atoms with E-state index in [0.717, 1.165) is 6.42 Å². The Morgan fingerprint density at radius 1 is 1.24 bits per heavy atom. The van der Waals surface area contributed by atoms with Crippen LogP contribution in [0.2, 0.25) is 0 Å². The molecule has 0 rings (SSSR count). The van der Waals surface area contributed by atoms with E-state index in [9.17, 15) is 14.4 Å². The van der Waals surface area contributed by atoms with Crippen molar-refractivity contribution in [1.82, 2.24) is 10.6 Å². The van der Waals surface area contributed by atoms with Crippen molar-refractivity contribution in [3.63, 3.8) is 0 Å². The number of ether oxygens (including phenoxy) is 1. The molecule has 21 heavy (non-hydrogen) atoms. The number of nitrogens with one attached hydrogen (secondary N) is 2. The molecule has 0 radical (unpaired) electrons. The first-order valence-electron chi connectivity index (χ1n) is 6.93. The first-order valence-corrected chi connectivity index (χ1v) is 8.06. The van der Waals surface area contributed by atoms with Gasteiger partial charge in [0.05, 0.1) is 5.33 Å². The average Bonchev–Trinajstić information content (AvgIpc) is 2.45. The summed E-state index contributed by atoms with van der Waals surface area (Å²) in [5.41, 5.74) is 0. The van der Waals surface area contributed by atoms with Crippen LogP contribution < -0.4 is 10.6 Å². The van der Waals surface area contributed by atoms with Gasteiger partial charge in [0.25, 0.3) is 0 Å². The van der Waals surface area contributed by atoms with Gasteiger partial charge in [0.2, 0.25) is 11.8 Å². The van der Waals surface area contributed by atoms with Crippen LogP contribution in [0, 0.1) is 0 Å². The Labute approximate surface area is 132 Å². The predicted molar refractivity (Wildman–Crippen MR) is 81.3 cm³/mol. The van der Waals surface area contributed by atoms with Gasteiger partial charge in [0.1, 0.15) is 12.6 Å². The van der Waals surface area contributed by atoms with Gasteiger partial charge in [-0.3, -0.25) is 9.59 Å². The fraction of sp³-hybridized carbons (Fsp3) is 0.769. The lowest BCUT2D eigenvalue weighted by atomic mass is 10.1. The van der Waals surface area contributed by atoms with Gasteiger partial charge in [-0.15, -0.1) is 0 Å². The second-order valence-corrected chi connectivity index (χ2v) is 5.05. The SMILES string of the molecule is CCCOCC(=O)NC(CCCCNC(=O)CBr)C(=O)O. The van der Waals surface area contributed by atoms with E-state index in [2.05, 4.69) is 26.6 Å². The zero-order valence-corrected chi connectivity index (χ0v) is 13.8. The van der Waals surface area contributed by atoms with E-state index < -0.39 is 17.9 Å². The van der Waals surface area contributed by atoms with Gasteiger partial charge in [0, 0.05) is 13.2 Å². The Hall–Kier alpha value is -1.15. The molecule has 0 heterocycles. The highest BCUT2D eigenvalue weighted by Crippen LogP contribution is 2.01. The van der Waals surface area contributed by atoms with E-state index in [4.69, 9.17) is 9.84 Å². The monoisotopic (exact) mass is 366 g/mol. The van der Waals surface area contributed by atoms with Gasteiger partial charge in [-0.1, -0.05) is 22.9 Å². The number of carboxylic acid groups (broad SMARTS) is 1. The van der Waals surface area contributed by atoms with E-state index in [1.807, 2.05) is 6.92 Å². The summed E-state index contributed by atoms with van der Waals surface area (Å²) in [6.07, 6.45) is 2.37. The highest BCUT2D eigenvalue weighted by molar-refractivity contribution is 9.09. The molecule has 0 aliphatic carbocycles. The number of alkyl halides is 1. The molecule has 0 fully saturated rings. The first-order chi connectivity index (χ1) is 10.0. The summed E-state index contributed by atoms with van der Waals surface area (Å²) in [6.45, 7) is 2.76. The molecule has 0 saturated carbocycles. The Morgan fingerprint density at radius 2 is 1.95 bits per heavy atom. The summed E-state index contributed by atoms with van der Waals surface area (Å²) >= 11 is 3.03. The number of hydrogen-bond acceptors (Lipinski definition) is 4. The highest BCUT2D eigenvalue weighted by atomic mass is 79.9. The van der Waals surface area contributed by atoms with E-state index in [1.54, 1.807) is 0 Å². The van der Waals surface area contributed by atoms with E-state index in [1.165, 1.54) is 0 Å². The van der Waals surface area contributed by atoms with Crippen LogP contribution in [0.4, 0.5) is 0 Å². The van der Waals surface area contributed by atoms with Gasteiger partial charge in [-0.25, -0.2) is 4.79 Å². The Kier molecular flexibility index (Phi) is 11.9. The molecule has 1 atom stereocenters. The number of aliphatic carboxylic acids is 1. The number of hydrogen-bond donors (Lipinski definition) is 3. The maximum absolute atomic E-state index is 11.5. The lowest BCUT2D eigenvalue weighted by molar-refractivity contribution is -0.142. The largest absolute Gasteiger partial charge is 0.480 e. The summed E-state index contributed by atoms with van der Waals surface area (Å²) < 4.78 is 5.05. The standard InChI is InChI=1S/C13H23BrN2O5/c1-2-7-21-9-12(18)16-10(13(19)20)5-3-4-6-15-11(17)8-14/h10H,2-9H2,1H3,(H,15,17)(H,16,18)(H,19,20). The molecule has 122 valence electrons. The van der Waals surface area contributed by atoms with Crippen LogP contribution in [0.1, 0.15) is 32.6 Å². The zero-order chi connectivity index (χ0) is 16.1. The third-order valence-electron chi connectivity index (χ3n) is 2.58. The van der Waals surface area contributed by atoms with Crippen LogP contribution in [-0.4, -0.2) is 54.0 Å². The molecule has 2 amide bonds. The molecule has 0 aliphatic heterocycles. The molecule has 0 aromatic carbocycles. The molecule has 7 nitrogen and oxygen atoms in total. The molecule has 0 bridgehead atoms. The number of carboxylic acids is 1. The second-order valence-electron chi connectivity index (χ2n) is 4.49. The van der Waals surface area contributed by atoms with Crippen molar-refractivity contribution in [2.75, 3.05) is 25.1 Å². The van der Waals surface area contributed by atoms with Crippen molar-refractivity contribution < 1.29 is 24.2 Å². The molecule has 0 aromatic heterocycles. The number of carbonyl (C=O) groups excluding carboxylic acids is 2. The number of carbonyl (C=O) groups is 3. The topological polar surface area (TPSA) is 105 Å². The Morgan fingerprint density at radius 3 is 2.52 bits per heavy atom. The van der Waals surface area contributed by atoms with Gasteiger partial charge in [-0.2, -0.15) is 0 Å². The predicted octanol–water partition coefficient (Wildman–Crippen LogP) is 0.664. The summed E-state index contributed by atoms with van der Waals surface area (Å²) in [7, 11) is 0. The van der Waals surface area contributed by atoms with Crippen LogP contribution in [0.5, 0.6) is 0 Å². The van der Waals surface area contributed by atoms with Gasteiger partial charge in [0.15, 0.2) is 0 Å². The van der Waals surface area contributed by atoms with E-state index in [-0.39, 0.29) is 17.8 Å². The fourth-order valence-electron chi connectivity index (χ4n) is 1.55. The molecule has 8 heteroatoms. The quantitative estimate of drug-likeness (QED) is 0.347. The van der Waals surface area contributed by atoms with Gasteiger partial charge >= 0.3 is 5.97 Å². The zero-order valence-electron chi connectivity index (χ0n) is 12.2. The highest BCUT2D eigenvalue weighted by Gasteiger charge is 2.19. The van der Waals surface area contributed by atoms with Crippen molar-refractivity contribution in [3.8, 4) is 0 Å². The Balaban J connectivity index is 3.89. The van der Waals surface area contributed by atoms with E-state index >= 15 is 0 Å². The van der Waals surface area contributed by atoms with E-state index in [0.29, 0.717) is 32.4 Å². The smallest absolute Gasteiger partial charge is 0.326 e. The van der Waals surface area contributed by atoms with Crippen LogP contribution in [-0.2, 0) is 19.1 Å². The van der Waals surface area contributed by atoms with Crippen molar-refractivity contribution in [3.05, 3.63) is 0 Å². The van der Waals surface area contributed by atoms with Crippen molar-refractivity contribution in [2.45, 2.75) is 38.6 Å². The maximum atomic E-state index is 11.5. The molecule has 0 aromatic rings. The molecule has 0 spiro atoms. The van der Waals surface area contributed by atoms with Crippen LogP contribution in [0.3, 0.4) is 0 Å². The molecule has 0 saturated heterocycles. The number of unbranched alkanes of at least 4 members (excludes halogenated alkanes) is 1. The maximum Gasteiger partial charge on any atom is 0.326 e. The van der Waals surface area contributed by atoms with Crippen molar-refractivity contribution in [2.24, 2.45) is 0 Å². The molecule has 0 aliphatic rings. The van der Waals surface area contributed by atoms with Crippen LogP contribution >= 0.6 is 15.9 Å². The Bertz CT molecular complexity index is 339. The van der Waals surface area contributed by atoms with Crippen molar-refractivity contribution in [1.29, 1.82) is 0 Å². The van der Waals surface area contributed by atoms with Crippen LogP contribution in [0.25, 0.3) is 0 Å². The molecular formula is C13H23BrN2O5. The summed E-state index contributed by atoms with van der Waals surface area (Å²) in [5.74, 6) is -1.60. The minimum absolute atomic E-state index is 0.105. The summed E-state index contributed by atoms with van der Waals surface area (Å²) in [6, 6.07) is -0.922. The minimum Gasteiger partial charge on any atom is -0.480 e. The number of amides is 2. The average molecular weight is 367 g/mol. The number of rotatable bonds is 12. The first kappa shape index (κ1) is 19.9.